The second-order valence-electron chi connectivity index (χ2n) is 3.03. The van der Waals surface area contributed by atoms with Gasteiger partial charge in [-0.05, 0) is 19.1 Å². The molecule has 0 aliphatic carbocycles. The summed E-state index contributed by atoms with van der Waals surface area (Å²) in [6.07, 6.45) is 0. The number of nitrogens with one attached hydrogen (secondary N) is 2. The van der Waals surface area contributed by atoms with Gasteiger partial charge in [-0.1, -0.05) is 12.1 Å². The number of ether oxygens (including phenoxy) is 1. The first kappa shape index (κ1) is 12.7. The molecule has 0 spiro atoms. The van der Waals surface area contributed by atoms with Crippen molar-refractivity contribution in [1.29, 1.82) is 0 Å². The Balaban J connectivity index is 2.61. The van der Waals surface area contributed by atoms with Crippen molar-refractivity contribution in [2.24, 2.45) is 0 Å². The summed E-state index contributed by atoms with van der Waals surface area (Å²) in [6, 6.07) is 7.07. The fourth-order valence-corrected chi connectivity index (χ4v) is 1.30. The maximum Gasteiger partial charge on any atom is 0.319 e. The normalized spacial score (nSPS) is 9.62. The summed E-state index contributed by atoms with van der Waals surface area (Å²) < 4.78 is 5.38. The number of hydrogen-bond donors (Lipinski definition) is 3. The van der Waals surface area contributed by atoms with Gasteiger partial charge in [0.1, 0.15) is 5.75 Å². The van der Waals surface area contributed by atoms with Gasteiger partial charge in [-0.15, -0.1) is 0 Å². The smallest absolute Gasteiger partial charge is 0.319 e. The van der Waals surface area contributed by atoms with Gasteiger partial charge in [-0.2, -0.15) is 12.6 Å². The third-order valence-electron chi connectivity index (χ3n) is 1.83. The van der Waals surface area contributed by atoms with Crippen molar-refractivity contribution in [2.45, 2.75) is 6.92 Å². The van der Waals surface area contributed by atoms with Gasteiger partial charge in [0.05, 0.1) is 12.3 Å². The summed E-state index contributed by atoms with van der Waals surface area (Å²) in [5.41, 5.74) is 0.668. The van der Waals surface area contributed by atoms with Gasteiger partial charge in [0.2, 0.25) is 0 Å². The van der Waals surface area contributed by atoms with Crippen molar-refractivity contribution in [2.75, 3.05) is 24.2 Å². The predicted molar refractivity (Wildman–Crippen MR) is 68.5 cm³/mol. The summed E-state index contributed by atoms with van der Waals surface area (Å²) in [6.45, 7) is 3.00. The van der Waals surface area contributed by atoms with E-state index in [0.29, 0.717) is 30.3 Å². The van der Waals surface area contributed by atoms with E-state index < -0.39 is 0 Å². The minimum Gasteiger partial charge on any atom is -0.492 e. The molecule has 0 aliphatic rings. The van der Waals surface area contributed by atoms with E-state index in [1.54, 1.807) is 6.07 Å². The standard InChI is InChI=1S/C11H16N2O2S/c1-2-15-10-6-4-3-5-9(10)13-11(14)12-7-8-16/h3-6,16H,2,7-8H2,1H3,(H2,12,13,14). The number of amides is 2. The SMILES string of the molecule is CCOc1ccccc1NC(=O)NCCS. The van der Waals surface area contributed by atoms with Crippen LogP contribution in [0.1, 0.15) is 6.92 Å². The lowest BCUT2D eigenvalue weighted by atomic mass is 10.3. The number of carbonyl (C=O) groups excluding carboxylic acids is 1. The monoisotopic (exact) mass is 240 g/mol. The average molecular weight is 240 g/mol. The number of rotatable bonds is 5. The van der Waals surface area contributed by atoms with Gasteiger partial charge in [0, 0.05) is 12.3 Å². The van der Waals surface area contributed by atoms with Gasteiger partial charge >= 0.3 is 6.03 Å². The molecule has 1 aromatic rings. The molecule has 0 aromatic heterocycles. The molecule has 0 atom stereocenters. The molecule has 2 N–H and O–H groups in total. The zero-order valence-corrected chi connectivity index (χ0v) is 10.1. The molecule has 0 radical (unpaired) electrons. The Kier molecular flexibility index (Phi) is 5.56. The van der Waals surface area contributed by atoms with Crippen LogP contribution in [-0.4, -0.2) is 24.9 Å². The Morgan fingerprint density at radius 1 is 1.44 bits per heavy atom. The fourth-order valence-electron chi connectivity index (χ4n) is 1.19. The topological polar surface area (TPSA) is 50.4 Å². The molecule has 0 heterocycles. The lowest BCUT2D eigenvalue weighted by Crippen LogP contribution is -2.30. The lowest BCUT2D eigenvalue weighted by molar-refractivity contribution is 0.252. The number of anilines is 1. The summed E-state index contributed by atoms with van der Waals surface area (Å²) in [5.74, 6) is 1.28. The molecular weight excluding hydrogens is 224 g/mol. The highest BCUT2D eigenvalue weighted by atomic mass is 32.1. The van der Waals surface area contributed by atoms with E-state index in [0.717, 1.165) is 0 Å². The lowest BCUT2D eigenvalue weighted by Gasteiger charge is -2.11. The Labute approximate surface area is 101 Å². The minimum absolute atomic E-state index is 0.249. The molecule has 0 fully saturated rings. The van der Waals surface area contributed by atoms with Crippen molar-refractivity contribution < 1.29 is 9.53 Å². The Hall–Kier alpha value is -1.36. The summed E-state index contributed by atoms with van der Waals surface area (Å²) in [4.78, 5) is 11.4. The van der Waals surface area contributed by atoms with Gasteiger partial charge in [-0.25, -0.2) is 4.79 Å². The number of urea groups is 1. The minimum atomic E-state index is -0.249. The number of para-hydroxylation sites is 2. The van der Waals surface area contributed by atoms with Crippen LogP contribution in [0.15, 0.2) is 24.3 Å². The molecule has 0 bridgehead atoms. The van der Waals surface area contributed by atoms with Crippen molar-refractivity contribution >= 4 is 24.3 Å². The van der Waals surface area contributed by atoms with E-state index in [4.69, 9.17) is 4.74 Å². The van der Waals surface area contributed by atoms with E-state index in [2.05, 4.69) is 23.3 Å². The van der Waals surface area contributed by atoms with Crippen LogP contribution in [0.2, 0.25) is 0 Å². The molecule has 4 nitrogen and oxygen atoms in total. The van der Waals surface area contributed by atoms with Crippen LogP contribution in [0.4, 0.5) is 10.5 Å². The molecule has 2 amide bonds. The first-order valence-electron chi connectivity index (χ1n) is 5.15. The summed E-state index contributed by atoms with van der Waals surface area (Å²) >= 11 is 4.01. The van der Waals surface area contributed by atoms with Gasteiger partial charge in [-0.3, -0.25) is 0 Å². The maximum absolute atomic E-state index is 11.4. The Morgan fingerprint density at radius 2 is 2.19 bits per heavy atom. The average Bonchev–Trinajstić information content (AvgIpc) is 2.29. The van der Waals surface area contributed by atoms with Crippen LogP contribution in [0.5, 0.6) is 5.75 Å². The van der Waals surface area contributed by atoms with Gasteiger partial charge < -0.3 is 15.4 Å². The molecule has 0 saturated carbocycles. The number of hydrogen-bond acceptors (Lipinski definition) is 3. The first-order chi connectivity index (χ1) is 7.77. The van der Waals surface area contributed by atoms with Gasteiger partial charge in [0.15, 0.2) is 0 Å². The summed E-state index contributed by atoms with van der Waals surface area (Å²) in [7, 11) is 0. The molecule has 0 unspecified atom stereocenters. The molecule has 0 aliphatic heterocycles. The van der Waals surface area contributed by atoms with Crippen LogP contribution in [-0.2, 0) is 0 Å². The molecular formula is C11H16N2O2S. The first-order valence-corrected chi connectivity index (χ1v) is 5.78. The van der Waals surface area contributed by atoms with Crippen LogP contribution in [0, 0.1) is 0 Å². The fraction of sp³-hybridized carbons (Fsp3) is 0.364. The highest BCUT2D eigenvalue weighted by molar-refractivity contribution is 7.80. The van der Waals surface area contributed by atoms with Crippen LogP contribution < -0.4 is 15.4 Å². The van der Waals surface area contributed by atoms with Crippen LogP contribution in [0.25, 0.3) is 0 Å². The van der Waals surface area contributed by atoms with E-state index in [-0.39, 0.29) is 6.03 Å². The molecule has 88 valence electrons. The zero-order chi connectivity index (χ0) is 11.8. The summed E-state index contributed by atoms with van der Waals surface area (Å²) in [5, 5.41) is 5.39. The second kappa shape index (κ2) is 7.00. The van der Waals surface area contributed by atoms with E-state index in [9.17, 15) is 4.79 Å². The van der Waals surface area contributed by atoms with Crippen LogP contribution >= 0.6 is 12.6 Å². The molecule has 1 aromatic carbocycles. The van der Waals surface area contributed by atoms with Crippen LogP contribution in [0.3, 0.4) is 0 Å². The Morgan fingerprint density at radius 3 is 2.88 bits per heavy atom. The largest absolute Gasteiger partial charge is 0.492 e. The molecule has 16 heavy (non-hydrogen) atoms. The predicted octanol–water partition coefficient (Wildman–Crippen LogP) is 2.14. The third-order valence-corrected chi connectivity index (χ3v) is 2.06. The second-order valence-corrected chi connectivity index (χ2v) is 3.48. The van der Waals surface area contributed by atoms with E-state index in [1.807, 2.05) is 25.1 Å². The zero-order valence-electron chi connectivity index (χ0n) is 9.19. The molecule has 1 rings (SSSR count). The number of thiol groups is 1. The number of carbonyl (C=O) groups is 1. The quantitative estimate of drug-likeness (QED) is 0.691. The van der Waals surface area contributed by atoms with Crippen molar-refractivity contribution in [3.8, 4) is 5.75 Å². The van der Waals surface area contributed by atoms with Crippen molar-refractivity contribution in [1.82, 2.24) is 5.32 Å². The highest BCUT2D eigenvalue weighted by Crippen LogP contribution is 2.23. The van der Waals surface area contributed by atoms with E-state index >= 15 is 0 Å². The van der Waals surface area contributed by atoms with Crippen molar-refractivity contribution in [3.05, 3.63) is 24.3 Å². The third kappa shape index (κ3) is 4.02. The van der Waals surface area contributed by atoms with Gasteiger partial charge in [0.25, 0.3) is 0 Å². The van der Waals surface area contributed by atoms with E-state index in [1.165, 1.54) is 0 Å². The number of benzene rings is 1. The molecule has 0 saturated heterocycles. The highest BCUT2D eigenvalue weighted by Gasteiger charge is 2.05. The molecule has 5 heteroatoms. The van der Waals surface area contributed by atoms with Crippen molar-refractivity contribution in [3.63, 3.8) is 0 Å². The Bertz CT molecular complexity index is 345. The maximum atomic E-state index is 11.4.